The van der Waals surface area contributed by atoms with Gasteiger partial charge in [-0.25, -0.2) is 4.79 Å². The van der Waals surface area contributed by atoms with E-state index >= 15 is 0 Å². The second kappa shape index (κ2) is 7.66. The molecule has 21 heavy (non-hydrogen) atoms. The zero-order chi connectivity index (χ0) is 14.5. The summed E-state index contributed by atoms with van der Waals surface area (Å²) in [5.41, 5.74) is 5.40. The molecule has 0 aliphatic rings. The Labute approximate surface area is 127 Å². The summed E-state index contributed by atoms with van der Waals surface area (Å²) in [7, 11) is 0. The van der Waals surface area contributed by atoms with Crippen molar-refractivity contribution in [3.63, 3.8) is 0 Å². The fourth-order valence-electron chi connectivity index (χ4n) is 1.66. The van der Waals surface area contributed by atoms with Crippen molar-refractivity contribution in [2.24, 2.45) is 5.73 Å². The van der Waals surface area contributed by atoms with Gasteiger partial charge in [-0.2, -0.15) is 0 Å². The van der Waals surface area contributed by atoms with Crippen molar-refractivity contribution in [3.8, 4) is 5.75 Å². The van der Waals surface area contributed by atoms with Crippen LogP contribution in [0.25, 0.3) is 11.0 Å². The van der Waals surface area contributed by atoms with Crippen LogP contribution in [-0.2, 0) is 4.79 Å². The fraction of sp³-hybridized carbons (Fsp3) is 0.286. The highest BCUT2D eigenvalue weighted by atomic mass is 35.5. The third-order valence-corrected chi connectivity index (χ3v) is 2.73. The van der Waals surface area contributed by atoms with Crippen LogP contribution < -0.4 is 21.4 Å². The van der Waals surface area contributed by atoms with Crippen LogP contribution >= 0.6 is 12.4 Å². The number of hydrogen-bond donors (Lipinski definition) is 2. The SMILES string of the molecule is C[C@@H](CN)NC(=O)COc1ccc2ccc(=O)oc2c1.Cl. The van der Waals surface area contributed by atoms with Crippen molar-refractivity contribution in [2.45, 2.75) is 13.0 Å². The minimum atomic E-state index is -0.427. The predicted octanol–water partition coefficient (Wildman–Crippen LogP) is 1.06. The van der Waals surface area contributed by atoms with E-state index in [1.54, 1.807) is 24.3 Å². The summed E-state index contributed by atoms with van der Waals surface area (Å²) >= 11 is 0. The van der Waals surface area contributed by atoms with Crippen molar-refractivity contribution in [2.75, 3.05) is 13.2 Å². The lowest BCUT2D eigenvalue weighted by Crippen LogP contribution is -2.40. The monoisotopic (exact) mass is 312 g/mol. The van der Waals surface area contributed by atoms with Crippen LogP contribution in [0.2, 0.25) is 0 Å². The van der Waals surface area contributed by atoms with Crippen LogP contribution in [0.1, 0.15) is 6.92 Å². The summed E-state index contributed by atoms with van der Waals surface area (Å²) in [5, 5.41) is 3.47. The molecule has 0 aliphatic carbocycles. The Bertz CT molecular complexity index is 671. The maximum atomic E-state index is 11.5. The molecule has 3 N–H and O–H groups in total. The number of halogens is 1. The number of carbonyl (C=O) groups is 1. The van der Waals surface area contributed by atoms with Crippen LogP contribution in [0.4, 0.5) is 0 Å². The van der Waals surface area contributed by atoms with Crippen LogP contribution in [0.15, 0.2) is 39.5 Å². The molecular formula is C14H17ClN2O4. The third kappa shape index (κ3) is 4.77. The van der Waals surface area contributed by atoms with E-state index in [0.717, 1.165) is 5.39 Å². The van der Waals surface area contributed by atoms with E-state index in [0.29, 0.717) is 17.9 Å². The van der Waals surface area contributed by atoms with Crippen molar-refractivity contribution in [3.05, 3.63) is 40.8 Å². The molecule has 1 amide bonds. The van der Waals surface area contributed by atoms with Crippen molar-refractivity contribution < 1.29 is 13.9 Å². The van der Waals surface area contributed by atoms with Crippen molar-refractivity contribution in [1.29, 1.82) is 0 Å². The Morgan fingerprint density at radius 2 is 2.10 bits per heavy atom. The van der Waals surface area contributed by atoms with E-state index in [9.17, 15) is 9.59 Å². The summed E-state index contributed by atoms with van der Waals surface area (Å²) in [5.74, 6) is 0.208. The molecule has 1 atom stereocenters. The van der Waals surface area contributed by atoms with Gasteiger partial charge in [0.05, 0.1) is 0 Å². The van der Waals surface area contributed by atoms with E-state index < -0.39 is 5.63 Å². The minimum absolute atomic E-state index is 0. The van der Waals surface area contributed by atoms with Crippen LogP contribution in [0.3, 0.4) is 0 Å². The molecule has 0 spiro atoms. The van der Waals surface area contributed by atoms with E-state index in [4.69, 9.17) is 14.9 Å². The van der Waals surface area contributed by atoms with Gasteiger partial charge in [0.15, 0.2) is 6.61 Å². The summed E-state index contributed by atoms with van der Waals surface area (Å²) in [6.07, 6.45) is 0. The number of rotatable bonds is 5. The molecule has 7 heteroatoms. The number of benzene rings is 1. The van der Waals surface area contributed by atoms with Gasteiger partial charge in [0.25, 0.3) is 5.91 Å². The van der Waals surface area contributed by atoms with Gasteiger partial charge < -0.3 is 20.2 Å². The van der Waals surface area contributed by atoms with Crippen LogP contribution in [0, 0.1) is 0 Å². The van der Waals surface area contributed by atoms with E-state index in [1.807, 2.05) is 6.92 Å². The highest BCUT2D eigenvalue weighted by Gasteiger charge is 2.07. The topological polar surface area (TPSA) is 94.6 Å². The molecule has 1 aromatic heterocycles. The van der Waals surface area contributed by atoms with Crippen molar-refractivity contribution >= 4 is 29.3 Å². The standard InChI is InChI=1S/C14H16N2O4.ClH/c1-9(7-15)16-13(17)8-19-11-4-2-10-3-5-14(18)20-12(10)6-11;/h2-6,9H,7-8,15H2,1H3,(H,16,17);1H/t9-;/m0./s1. The number of carbonyl (C=O) groups excluding carboxylic acids is 1. The van der Waals surface area contributed by atoms with Gasteiger partial charge in [0, 0.05) is 30.1 Å². The molecule has 2 rings (SSSR count). The second-order valence-corrected chi connectivity index (χ2v) is 4.45. The molecule has 0 radical (unpaired) electrons. The summed E-state index contributed by atoms with van der Waals surface area (Å²) in [6.45, 7) is 2.06. The number of nitrogens with one attached hydrogen (secondary N) is 1. The Kier molecular flexibility index (Phi) is 6.20. The molecule has 114 valence electrons. The van der Waals surface area contributed by atoms with Crippen LogP contribution in [0.5, 0.6) is 5.75 Å². The summed E-state index contributed by atoms with van der Waals surface area (Å²) < 4.78 is 10.4. The largest absolute Gasteiger partial charge is 0.484 e. The third-order valence-electron chi connectivity index (χ3n) is 2.73. The first kappa shape index (κ1) is 17.0. The van der Waals surface area contributed by atoms with Gasteiger partial charge in [-0.1, -0.05) is 0 Å². The lowest BCUT2D eigenvalue weighted by molar-refractivity contribution is -0.123. The van der Waals surface area contributed by atoms with E-state index in [1.165, 1.54) is 6.07 Å². The number of fused-ring (bicyclic) bond motifs is 1. The zero-order valence-corrected chi connectivity index (χ0v) is 12.3. The lowest BCUT2D eigenvalue weighted by atomic mass is 10.2. The van der Waals surface area contributed by atoms with Crippen molar-refractivity contribution in [1.82, 2.24) is 5.32 Å². The quantitative estimate of drug-likeness (QED) is 0.805. The molecular weight excluding hydrogens is 296 g/mol. The van der Waals surface area contributed by atoms with Gasteiger partial charge in [-0.15, -0.1) is 12.4 Å². The first-order valence-electron chi connectivity index (χ1n) is 6.24. The highest BCUT2D eigenvalue weighted by Crippen LogP contribution is 2.19. The average Bonchev–Trinajstić information content (AvgIpc) is 2.44. The second-order valence-electron chi connectivity index (χ2n) is 4.45. The van der Waals surface area contributed by atoms with Gasteiger partial charge in [0.1, 0.15) is 11.3 Å². The average molecular weight is 313 g/mol. The molecule has 2 aromatic rings. The first-order chi connectivity index (χ1) is 9.58. The van der Waals surface area contributed by atoms with Gasteiger partial charge in [0.2, 0.25) is 0 Å². The Hall–Kier alpha value is -2.05. The number of ether oxygens (including phenoxy) is 1. The maximum absolute atomic E-state index is 11.5. The molecule has 6 nitrogen and oxygen atoms in total. The Morgan fingerprint density at radius 1 is 1.38 bits per heavy atom. The highest BCUT2D eigenvalue weighted by molar-refractivity contribution is 5.85. The molecule has 0 saturated carbocycles. The Morgan fingerprint density at radius 3 is 2.81 bits per heavy atom. The molecule has 1 heterocycles. The maximum Gasteiger partial charge on any atom is 0.336 e. The number of hydrogen-bond acceptors (Lipinski definition) is 5. The fourth-order valence-corrected chi connectivity index (χ4v) is 1.66. The van der Waals surface area contributed by atoms with Gasteiger partial charge >= 0.3 is 5.63 Å². The van der Waals surface area contributed by atoms with Crippen LogP contribution in [-0.4, -0.2) is 25.1 Å². The smallest absolute Gasteiger partial charge is 0.336 e. The molecule has 0 bridgehead atoms. The van der Waals surface area contributed by atoms with E-state index in [2.05, 4.69) is 5.32 Å². The molecule has 0 aliphatic heterocycles. The zero-order valence-electron chi connectivity index (χ0n) is 11.5. The molecule has 0 unspecified atom stereocenters. The predicted molar refractivity (Wildman–Crippen MR) is 81.9 cm³/mol. The first-order valence-corrected chi connectivity index (χ1v) is 6.24. The van der Waals surface area contributed by atoms with E-state index in [-0.39, 0.29) is 31.0 Å². The summed E-state index contributed by atoms with van der Waals surface area (Å²) in [6, 6.07) is 7.97. The lowest BCUT2D eigenvalue weighted by Gasteiger charge is -2.12. The Balaban J connectivity index is 0.00000220. The molecule has 1 aromatic carbocycles. The normalized spacial score (nSPS) is 11.5. The molecule has 0 fully saturated rings. The molecule has 0 saturated heterocycles. The van der Waals surface area contributed by atoms with Gasteiger partial charge in [-0.3, -0.25) is 4.79 Å². The van der Waals surface area contributed by atoms with Gasteiger partial charge in [-0.05, 0) is 25.1 Å². The summed E-state index contributed by atoms with van der Waals surface area (Å²) in [4.78, 5) is 22.7. The minimum Gasteiger partial charge on any atom is -0.484 e. The number of nitrogens with two attached hydrogens (primary N) is 1. The number of amides is 1.